The summed E-state index contributed by atoms with van der Waals surface area (Å²) in [6.45, 7) is 6.03. The van der Waals surface area contributed by atoms with Gasteiger partial charge < -0.3 is 19.9 Å². The van der Waals surface area contributed by atoms with Gasteiger partial charge in [-0.2, -0.15) is 0 Å². The second-order valence-electron chi connectivity index (χ2n) is 5.63. The van der Waals surface area contributed by atoms with E-state index in [0.29, 0.717) is 49.9 Å². The first-order valence-electron chi connectivity index (χ1n) is 8.18. The maximum Gasteiger partial charge on any atom is 0.307 e. The van der Waals surface area contributed by atoms with E-state index in [0.717, 1.165) is 0 Å². The van der Waals surface area contributed by atoms with E-state index in [1.807, 2.05) is 18.7 Å². The summed E-state index contributed by atoms with van der Waals surface area (Å²) in [6, 6.07) is 5.26. The first-order valence-corrected chi connectivity index (χ1v) is 8.18. The van der Waals surface area contributed by atoms with E-state index in [-0.39, 0.29) is 18.4 Å². The number of nitrogens with one attached hydrogen (secondary N) is 1. The molecule has 7 nitrogen and oxygen atoms in total. The van der Waals surface area contributed by atoms with Crippen molar-refractivity contribution < 1.29 is 24.2 Å². The van der Waals surface area contributed by atoms with E-state index in [4.69, 9.17) is 14.6 Å². The summed E-state index contributed by atoms with van der Waals surface area (Å²) in [7, 11) is 0. The molecule has 1 atom stereocenters. The Morgan fingerprint density at radius 2 is 1.96 bits per heavy atom. The average molecular weight is 336 g/mol. The lowest BCUT2D eigenvalue weighted by Gasteiger charge is -2.16. The van der Waals surface area contributed by atoms with Gasteiger partial charge in [-0.3, -0.25) is 14.5 Å². The quantitative estimate of drug-likeness (QED) is 0.753. The Bertz CT molecular complexity index is 590. The Hall–Kier alpha value is -2.28. The average Bonchev–Trinajstić information content (AvgIpc) is 2.99. The summed E-state index contributed by atoms with van der Waals surface area (Å²) < 4.78 is 11.0. The number of hydrogen-bond donors (Lipinski definition) is 2. The van der Waals surface area contributed by atoms with Crippen LogP contribution >= 0.6 is 0 Å². The van der Waals surface area contributed by atoms with Gasteiger partial charge in [-0.25, -0.2) is 0 Å². The number of carbonyl (C=O) groups is 2. The van der Waals surface area contributed by atoms with Crippen LogP contribution in [0.25, 0.3) is 0 Å². The summed E-state index contributed by atoms with van der Waals surface area (Å²) in [5.41, 5.74) is 0.626. The SMILES string of the molecule is CCOc1ccc(NC(=O)CN2CCC(C(=O)O)C2)cc1OCC. The Morgan fingerprint density at radius 3 is 2.58 bits per heavy atom. The van der Waals surface area contributed by atoms with Gasteiger partial charge in [0.25, 0.3) is 0 Å². The number of likely N-dealkylation sites (tertiary alicyclic amines) is 1. The maximum absolute atomic E-state index is 12.2. The molecule has 1 amide bonds. The summed E-state index contributed by atoms with van der Waals surface area (Å²) in [6.07, 6.45) is 0.583. The molecule has 1 unspecified atom stereocenters. The Kier molecular flexibility index (Phi) is 6.43. The van der Waals surface area contributed by atoms with Gasteiger partial charge in [-0.15, -0.1) is 0 Å². The van der Waals surface area contributed by atoms with Gasteiger partial charge in [-0.05, 0) is 38.9 Å². The van der Waals surface area contributed by atoms with Crippen LogP contribution in [0.15, 0.2) is 18.2 Å². The van der Waals surface area contributed by atoms with E-state index < -0.39 is 5.97 Å². The van der Waals surface area contributed by atoms with Crippen molar-refractivity contribution in [3.05, 3.63) is 18.2 Å². The van der Waals surface area contributed by atoms with Crippen LogP contribution in [0.4, 0.5) is 5.69 Å². The van der Waals surface area contributed by atoms with Gasteiger partial charge in [0.15, 0.2) is 11.5 Å². The highest BCUT2D eigenvalue weighted by atomic mass is 16.5. The van der Waals surface area contributed by atoms with E-state index in [9.17, 15) is 9.59 Å². The van der Waals surface area contributed by atoms with Crippen LogP contribution in [0.5, 0.6) is 11.5 Å². The zero-order chi connectivity index (χ0) is 17.5. The summed E-state index contributed by atoms with van der Waals surface area (Å²) in [4.78, 5) is 25.0. The summed E-state index contributed by atoms with van der Waals surface area (Å²) in [5.74, 6) is -0.128. The molecule has 1 aromatic rings. The fourth-order valence-electron chi connectivity index (χ4n) is 2.71. The third-order valence-electron chi connectivity index (χ3n) is 3.82. The zero-order valence-electron chi connectivity index (χ0n) is 14.1. The van der Waals surface area contributed by atoms with E-state index >= 15 is 0 Å². The molecular weight excluding hydrogens is 312 g/mol. The number of amides is 1. The van der Waals surface area contributed by atoms with Crippen LogP contribution in [0.2, 0.25) is 0 Å². The van der Waals surface area contributed by atoms with Gasteiger partial charge in [0.2, 0.25) is 5.91 Å². The predicted octanol–water partition coefficient (Wildman–Crippen LogP) is 1.83. The number of hydrogen-bond acceptors (Lipinski definition) is 5. The minimum Gasteiger partial charge on any atom is -0.490 e. The van der Waals surface area contributed by atoms with E-state index in [1.165, 1.54) is 0 Å². The van der Waals surface area contributed by atoms with Crippen molar-refractivity contribution in [1.29, 1.82) is 0 Å². The molecule has 0 bridgehead atoms. The molecule has 7 heteroatoms. The number of carbonyl (C=O) groups excluding carboxylic acids is 1. The van der Waals surface area contributed by atoms with Crippen LogP contribution in [0.3, 0.4) is 0 Å². The van der Waals surface area contributed by atoms with Crippen molar-refractivity contribution in [2.75, 3.05) is 38.2 Å². The topological polar surface area (TPSA) is 88.1 Å². The normalized spacial score (nSPS) is 17.5. The number of benzene rings is 1. The highest BCUT2D eigenvalue weighted by Crippen LogP contribution is 2.30. The van der Waals surface area contributed by atoms with Gasteiger partial charge in [0, 0.05) is 18.3 Å². The molecular formula is C17H24N2O5. The molecule has 1 aromatic carbocycles. The largest absolute Gasteiger partial charge is 0.490 e. The molecule has 1 aliphatic heterocycles. The second kappa shape index (κ2) is 8.54. The number of carboxylic acids is 1. The molecule has 1 saturated heterocycles. The van der Waals surface area contributed by atoms with Crippen molar-refractivity contribution in [1.82, 2.24) is 4.90 Å². The molecule has 0 radical (unpaired) electrons. The van der Waals surface area contributed by atoms with Crippen LogP contribution in [0.1, 0.15) is 20.3 Å². The van der Waals surface area contributed by atoms with Crippen molar-refractivity contribution in [3.63, 3.8) is 0 Å². The first-order chi connectivity index (χ1) is 11.5. The van der Waals surface area contributed by atoms with Crippen molar-refractivity contribution in [2.24, 2.45) is 5.92 Å². The Labute approximate surface area is 141 Å². The second-order valence-corrected chi connectivity index (χ2v) is 5.63. The van der Waals surface area contributed by atoms with E-state index in [1.54, 1.807) is 18.2 Å². The smallest absolute Gasteiger partial charge is 0.307 e. The van der Waals surface area contributed by atoms with Crippen LogP contribution < -0.4 is 14.8 Å². The lowest BCUT2D eigenvalue weighted by atomic mass is 10.1. The van der Waals surface area contributed by atoms with Gasteiger partial charge in [0.05, 0.1) is 25.7 Å². The number of carboxylic acid groups (broad SMARTS) is 1. The molecule has 1 fully saturated rings. The molecule has 0 saturated carbocycles. The van der Waals surface area contributed by atoms with Crippen molar-refractivity contribution in [3.8, 4) is 11.5 Å². The molecule has 24 heavy (non-hydrogen) atoms. The maximum atomic E-state index is 12.2. The highest BCUT2D eigenvalue weighted by Gasteiger charge is 2.28. The molecule has 0 aliphatic carbocycles. The number of rotatable bonds is 8. The predicted molar refractivity (Wildman–Crippen MR) is 89.6 cm³/mol. The van der Waals surface area contributed by atoms with Gasteiger partial charge in [-0.1, -0.05) is 0 Å². The summed E-state index contributed by atoms with van der Waals surface area (Å²) in [5, 5.41) is 11.8. The minimum absolute atomic E-state index is 0.173. The third kappa shape index (κ3) is 4.86. The zero-order valence-corrected chi connectivity index (χ0v) is 14.1. The molecule has 0 aromatic heterocycles. The van der Waals surface area contributed by atoms with Crippen LogP contribution in [-0.4, -0.2) is 54.7 Å². The summed E-state index contributed by atoms with van der Waals surface area (Å²) >= 11 is 0. The van der Waals surface area contributed by atoms with Gasteiger partial charge in [0.1, 0.15) is 0 Å². The highest BCUT2D eigenvalue weighted by molar-refractivity contribution is 5.92. The molecule has 132 valence electrons. The molecule has 1 aliphatic rings. The molecule has 1 heterocycles. The number of anilines is 1. The van der Waals surface area contributed by atoms with Crippen molar-refractivity contribution >= 4 is 17.6 Å². The number of nitrogens with zero attached hydrogens (tertiary/aromatic N) is 1. The molecule has 0 spiro atoms. The fourth-order valence-corrected chi connectivity index (χ4v) is 2.71. The minimum atomic E-state index is -0.800. The van der Waals surface area contributed by atoms with Crippen molar-refractivity contribution in [2.45, 2.75) is 20.3 Å². The number of aliphatic carboxylic acids is 1. The molecule has 2 rings (SSSR count). The van der Waals surface area contributed by atoms with Crippen LogP contribution in [-0.2, 0) is 9.59 Å². The lowest BCUT2D eigenvalue weighted by Crippen LogP contribution is -2.32. The Balaban J connectivity index is 1.94. The lowest BCUT2D eigenvalue weighted by molar-refractivity contribution is -0.141. The monoisotopic (exact) mass is 336 g/mol. The fraction of sp³-hybridized carbons (Fsp3) is 0.529. The van der Waals surface area contributed by atoms with Gasteiger partial charge >= 0.3 is 5.97 Å². The number of ether oxygens (including phenoxy) is 2. The third-order valence-corrected chi connectivity index (χ3v) is 3.82. The molecule has 2 N–H and O–H groups in total. The Morgan fingerprint density at radius 1 is 1.25 bits per heavy atom. The van der Waals surface area contributed by atoms with Crippen LogP contribution in [0, 0.1) is 5.92 Å². The first kappa shape index (κ1) is 18.1. The van der Waals surface area contributed by atoms with E-state index in [2.05, 4.69) is 5.32 Å². The standard InChI is InChI=1S/C17H24N2O5/c1-3-23-14-6-5-13(9-15(14)24-4-2)18-16(20)11-19-8-7-12(10-19)17(21)22/h5-6,9,12H,3-4,7-8,10-11H2,1-2H3,(H,18,20)(H,21,22).